The van der Waals surface area contributed by atoms with Crippen LogP contribution in [0.1, 0.15) is 71.5 Å². The lowest BCUT2D eigenvalue weighted by atomic mass is 9.94. The van der Waals surface area contributed by atoms with Gasteiger partial charge in [0, 0.05) is 23.5 Å². The van der Waals surface area contributed by atoms with Crippen LogP contribution in [0.2, 0.25) is 0 Å². The molecule has 1 fully saturated rings. The van der Waals surface area contributed by atoms with Crippen LogP contribution >= 0.6 is 0 Å². The number of Topliss-reactive ketones (excluding diaryl/α,β-unsaturated/α-hetero) is 1. The standard InChI is InChI=1S/C28H29N3O3/c1-20(32)22-13-10-16-24(19-22)31(28(34)25-17-8-9-18-29-25)26(21-11-4-2-5-12-21)27(33)30-23-14-6-3-7-15-23/h2,4-5,8-13,16-19,23,26H,3,6-7,14-15H2,1H3,(H,30,33)/t26-/m0/s1. The highest BCUT2D eigenvalue weighted by Gasteiger charge is 2.35. The quantitative estimate of drug-likeness (QED) is 0.502. The van der Waals surface area contributed by atoms with Crippen molar-refractivity contribution >= 4 is 23.3 Å². The molecule has 0 saturated heterocycles. The van der Waals surface area contributed by atoms with Crippen molar-refractivity contribution in [1.29, 1.82) is 0 Å². The highest BCUT2D eigenvalue weighted by atomic mass is 16.2. The number of rotatable bonds is 7. The molecule has 1 aliphatic carbocycles. The maximum atomic E-state index is 13.8. The van der Waals surface area contributed by atoms with E-state index in [1.54, 1.807) is 48.7 Å². The van der Waals surface area contributed by atoms with Crippen LogP contribution < -0.4 is 10.2 Å². The number of amides is 2. The van der Waals surface area contributed by atoms with Crippen molar-refractivity contribution in [3.05, 3.63) is 95.8 Å². The summed E-state index contributed by atoms with van der Waals surface area (Å²) in [5.41, 5.74) is 1.85. The number of hydrogen-bond acceptors (Lipinski definition) is 4. The molecular weight excluding hydrogens is 426 g/mol. The van der Waals surface area contributed by atoms with E-state index in [0.717, 1.165) is 25.7 Å². The van der Waals surface area contributed by atoms with Crippen molar-refractivity contribution in [2.45, 2.75) is 51.1 Å². The smallest absolute Gasteiger partial charge is 0.277 e. The number of ketones is 1. The third-order valence-corrected chi connectivity index (χ3v) is 6.21. The number of anilines is 1. The zero-order valence-electron chi connectivity index (χ0n) is 19.3. The van der Waals surface area contributed by atoms with Crippen molar-refractivity contribution in [3.63, 3.8) is 0 Å². The molecule has 2 amide bonds. The van der Waals surface area contributed by atoms with Crippen molar-refractivity contribution in [2.24, 2.45) is 0 Å². The number of benzene rings is 2. The second kappa shape index (κ2) is 10.9. The molecule has 0 radical (unpaired) electrons. The van der Waals surface area contributed by atoms with Gasteiger partial charge in [-0.1, -0.05) is 67.8 Å². The maximum Gasteiger partial charge on any atom is 0.277 e. The number of carbonyl (C=O) groups excluding carboxylic acids is 3. The lowest BCUT2D eigenvalue weighted by Crippen LogP contribution is -2.47. The van der Waals surface area contributed by atoms with Crippen molar-refractivity contribution in [1.82, 2.24) is 10.3 Å². The second-order valence-electron chi connectivity index (χ2n) is 8.65. The SMILES string of the molecule is CC(=O)c1cccc(N(C(=O)c2ccccn2)[C@H](C(=O)NC2CCCCC2)c2ccccc2)c1. The molecule has 4 rings (SSSR count). The van der Waals surface area contributed by atoms with E-state index in [0.29, 0.717) is 16.8 Å². The molecule has 1 saturated carbocycles. The van der Waals surface area contributed by atoms with Gasteiger partial charge in [0.2, 0.25) is 5.91 Å². The van der Waals surface area contributed by atoms with Gasteiger partial charge in [-0.3, -0.25) is 24.3 Å². The first-order chi connectivity index (χ1) is 16.5. The van der Waals surface area contributed by atoms with Gasteiger partial charge in [-0.2, -0.15) is 0 Å². The first-order valence-corrected chi connectivity index (χ1v) is 11.8. The van der Waals surface area contributed by atoms with Crippen LogP contribution in [0.5, 0.6) is 0 Å². The lowest BCUT2D eigenvalue weighted by Gasteiger charge is -2.33. The number of carbonyl (C=O) groups is 3. The zero-order chi connectivity index (χ0) is 23.9. The average Bonchev–Trinajstić information content (AvgIpc) is 2.88. The number of hydrogen-bond donors (Lipinski definition) is 1. The van der Waals surface area contributed by atoms with Gasteiger partial charge in [-0.25, -0.2) is 0 Å². The normalized spacial score (nSPS) is 14.7. The van der Waals surface area contributed by atoms with Crippen LogP contribution in [0.4, 0.5) is 5.69 Å². The van der Waals surface area contributed by atoms with Crippen molar-refractivity contribution in [3.8, 4) is 0 Å². The molecule has 3 aromatic rings. The Labute approximate surface area is 200 Å². The van der Waals surface area contributed by atoms with Gasteiger partial charge < -0.3 is 5.32 Å². The maximum absolute atomic E-state index is 13.8. The summed E-state index contributed by atoms with van der Waals surface area (Å²) in [7, 11) is 0. The molecular formula is C28H29N3O3. The summed E-state index contributed by atoms with van der Waals surface area (Å²) in [5, 5.41) is 3.19. The third-order valence-electron chi connectivity index (χ3n) is 6.21. The molecule has 1 atom stereocenters. The van der Waals surface area contributed by atoms with Gasteiger partial charge in [0.25, 0.3) is 5.91 Å². The Kier molecular flexibility index (Phi) is 7.48. The first-order valence-electron chi connectivity index (χ1n) is 11.8. The van der Waals surface area contributed by atoms with Gasteiger partial charge in [-0.15, -0.1) is 0 Å². The van der Waals surface area contributed by atoms with Gasteiger partial charge in [0.05, 0.1) is 0 Å². The Bertz CT molecular complexity index is 1140. The Morgan fingerprint density at radius 1 is 0.912 bits per heavy atom. The van der Waals surface area contributed by atoms with E-state index in [2.05, 4.69) is 10.3 Å². The predicted molar refractivity (Wildman–Crippen MR) is 132 cm³/mol. The van der Waals surface area contributed by atoms with Crippen LogP contribution in [-0.2, 0) is 4.79 Å². The molecule has 1 aliphatic rings. The zero-order valence-corrected chi connectivity index (χ0v) is 19.3. The fourth-order valence-corrected chi connectivity index (χ4v) is 4.45. The molecule has 0 aliphatic heterocycles. The van der Waals surface area contributed by atoms with E-state index in [1.165, 1.54) is 18.2 Å². The van der Waals surface area contributed by atoms with Crippen LogP contribution in [0.25, 0.3) is 0 Å². The van der Waals surface area contributed by atoms with Crippen LogP contribution in [0.3, 0.4) is 0 Å². The van der Waals surface area contributed by atoms with E-state index >= 15 is 0 Å². The van der Waals surface area contributed by atoms with E-state index in [-0.39, 0.29) is 23.4 Å². The minimum absolute atomic E-state index is 0.0859. The number of aromatic nitrogens is 1. The number of pyridine rings is 1. The molecule has 6 nitrogen and oxygen atoms in total. The fraction of sp³-hybridized carbons (Fsp3) is 0.286. The molecule has 1 N–H and O–H groups in total. The highest BCUT2D eigenvalue weighted by molar-refractivity contribution is 6.09. The van der Waals surface area contributed by atoms with Gasteiger partial charge >= 0.3 is 0 Å². The summed E-state index contributed by atoms with van der Waals surface area (Å²) in [5.74, 6) is -0.764. The minimum Gasteiger partial charge on any atom is -0.351 e. The molecule has 1 heterocycles. The molecule has 0 unspecified atom stereocenters. The van der Waals surface area contributed by atoms with E-state index in [9.17, 15) is 14.4 Å². The molecule has 6 heteroatoms. The summed E-state index contributed by atoms with van der Waals surface area (Å²) in [6.07, 6.45) is 6.76. The van der Waals surface area contributed by atoms with Crippen LogP contribution in [0, 0.1) is 0 Å². The number of nitrogens with one attached hydrogen (secondary N) is 1. The largest absolute Gasteiger partial charge is 0.351 e. The Balaban J connectivity index is 1.81. The summed E-state index contributed by atoms with van der Waals surface area (Å²) in [4.78, 5) is 45.4. The van der Waals surface area contributed by atoms with Gasteiger partial charge in [-0.05, 0) is 49.6 Å². The fourth-order valence-electron chi connectivity index (χ4n) is 4.45. The Hall–Kier alpha value is -3.80. The van der Waals surface area contributed by atoms with Crippen LogP contribution in [-0.4, -0.2) is 28.6 Å². The molecule has 1 aromatic heterocycles. The molecule has 174 valence electrons. The second-order valence-corrected chi connectivity index (χ2v) is 8.65. The van der Waals surface area contributed by atoms with Gasteiger partial charge in [0.15, 0.2) is 5.78 Å². The molecule has 34 heavy (non-hydrogen) atoms. The van der Waals surface area contributed by atoms with Crippen LogP contribution in [0.15, 0.2) is 79.0 Å². The highest BCUT2D eigenvalue weighted by Crippen LogP contribution is 2.31. The van der Waals surface area contributed by atoms with E-state index in [4.69, 9.17) is 0 Å². The number of nitrogens with zero attached hydrogens (tertiary/aromatic N) is 2. The molecule has 0 spiro atoms. The summed E-state index contributed by atoms with van der Waals surface area (Å²) in [6.45, 7) is 1.48. The summed E-state index contributed by atoms with van der Waals surface area (Å²) >= 11 is 0. The Morgan fingerprint density at radius 2 is 1.65 bits per heavy atom. The Morgan fingerprint density at radius 3 is 2.32 bits per heavy atom. The minimum atomic E-state index is -0.917. The summed E-state index contributed by atoms with van der Waals surface area (Å²) < 4.78 is 0. The van der Waals surface area contributed by atoms with Crippen molar-refractivity contribution < 1.29 is 14.4 Å². The van der Waals surface area contributed by atoms with E-state index < -0.39 is 11.9 Å². The first kappa shape index (κ1) is 23.4. The third kappa shape index (κ3) is 5.39. The van der Waals surface area contributed by atoms with Gasteiger partial charge in [0.1, 0.15) is 11.7 Å². The monoisotopic (exact) mass is 455 g/mol. The topological polar surface area (TPSA) is 79.4 Å². The average molecular weight is 456 g/mol. The predicted octanol–water partition coefficient (Wildman–Crippen LogP) is 5.12. The summed E-state index contributed by atoms with van der Waals surface area (Å²) in [6, 6.07) is 20.4. The lowest BCUT2D eigenvalue weighted by molar-refractivity contribution is -0.123. The molecule has 2 aromatic carbocycles. The molecule has 0 bridgehead atoms. The van der Waals surface area contributed by atoms with E-state index in [1.807, 2.05) is 30.3 Å². The van der Waals surface area contributed by atoms with Crippen molar-refractivity contribution in [2.75, 3.05) is 4.90 Å².